The van der Waals surface area contributed by atoms with E-state index in [-0.39, 0.29) is 23.7 Å². The number of aromatic nitrogens is 8. The Kier molecular flexibility index (Phi) is 27.0. The van der Waals surface area contributed by atoms with Crippen LogP contribution in [0.5, 0.6) is 0 Å². The van der Waals surface area contributed by atoms with Crippen molar-refractivity contribution in [1.82, 2.24) is 47.2 Å². The maximum Gasteiger partial charge on any atom is 0.261 e. The molecule has 12 nitrogen and oxygen atoms in total. The summed E-state index contributed by atoms with van der Waals surface area (Å²) < 4.78 is 16.4. The Balaban J connectivity index is 0.821. The minimum absolute atomic E-state index is 0.107. The van der Waals surface area contributed by atoms with E-state index in [9.17, 15) is 0 Å². The molecule has 0 aliphatic carbocycles. The maximum absolute atomic E-state index is 16.7. The van der Waals surface area contributed by atoms with Crippen LogP contribution in [0.3, 0.4) is 0 Å². The van der Waals surface area contributed by atoms with E-state index in [4.69, 9.17) is 9.97 Å². The molecule has 18 rings (SSSR count). The quantitative estimate of drug-likeness (QED) is 0.0355. The largest absolute Gasteiger partial charge is 0.340 e. The molecule has 2 aliphatic rings. The van der Waals surface area contributed by atoms with Crippen molar-refractivity contribution in [3.63, 3.8) is 0 Å². The second-order valence-corrected chi connectivity index (χ2v) is 39.4. The van der Waals surface area contributed by atoms with Crippen molar-refractivity contribution in [2.24, 2.45) is 11.8 Å². The standard InChI is InChI=1S/C112H136N10O2S2/c1-11-21-29-43-63-115-87-57-41-37-53-81(87)95-101(115)93-79-51-35-39-55-85(79)117(65-45-31-23-13-3)103(93)97-83-61-59-77(69-89(83)119(105(95)97)67-47-33-25-15-5)91-71-113-109(125-91)107-99-100(112(124)121(107)73-75(19-9)49-27-17-7)108(122(111(99)123)74-76(20-10)50-28-18-8)110-114-72-92(126-110)78-60-62-84-90(70-78)120(68-48-34-26-16-6)106-96-82-54-38-42-58-88(82)116(64-44-30-22-12-2)102(96)94-80-52-36-40-56-86(80)118(104(94)98(84)106)66-46-32-24-14-4/h35-42,51-62,69-72,75-76H,11-34,43-50,63-68,73-74H2,1-10H3. The van der Waals surface area contributed by atoms with Gasteiger partial charge in [0.05, 0.1) is 65.4 Å². The number of fused-ring (bicyclic) bond motifs is 25. The van der Waals surface area contributed by atoms with Gasteiger partial charge in [-0.1, -0.05) is 320 Å². The number of hydrogen-bond acceptors (Lipinski definition) is 6. The van der Waals surface area contributed by atoms with E-state index >= 15 is 9.59 Å². The topological polar surface area (TPSA) is 96.0 Å². The molecule has 0 saturated heterocycles. The highest BCUT2D eigenvalue weighted by Gasteiger charge is 2.51. The Hall–Kier alpha value is -9.76. The lowest BCUT2D eigenvalue weighted by Gasteiger charge is -2.28. The SMILES string of the molecule is CCCCCCn1c2ccccc2c2c1c1c3ccc(-c4cnc(C5=C6C(=O)N(CC(CC)CCCC)C(c7ncc(-c8ccc9c%10c%11c(c%12ccccc%12n%11CCCCCC)c%11c(c%12ccccc%12n%11CCCCCC)c%10n(CCCCCC)c9c8)s7)=C6C(=O)N5CC(CC)CCCC)s4)cc3n(CCCCCC)c1c1c3ccccc3n(CCCCCC)c21. The third-order valence-corrected chi connectivity index (χ3v) is 31.1. The average Bonchev–Trinajstić information content (AvgIpc) is 1.52. The van der Waals surface area contributed by atoms with Crippen molar-refractivity contribution in [3.05, 3.63) is 167 Å². The third-order valence-electron chi connectivity index (χ3n) is 29.0. The third kappa shape index (κ3) is 15.6. The molecule has 2 amide bonds. The zero-order chi connectivity index (χ0) is 86.6. The highest BCUT2D eigenvalue weighted by Crippen LogP contribution is 2.55. The summed E-state index contributed by atoms with van der Waals surface area (Å²) in [5, 5.41) is 17.6. The van der Waals surface area contributed by atoms with E-state index in [1.807, 2.05) is 9.80 Å². The van der Waals surface area contributed by atoms with Crippen LogP contribution in [-0.2, 0) is 48.9 Å². The first kappa shape index (κ1) is 87.0. The Morgan fingerprint density at radius 2 is 0.540 bits per heavy atom. The van der Waals surface area contributed by atoms with Gasteiger partial charge in [0, 0.05) is 162 Å². The molecule has 0 fully saturated rings. The Morgan fingerprint density at radius 3 is 0.802 bits per heavy atom. The number of thiazole rings is 2. The molecular formula is C112H136N10O2S2. The molecule has 0 N–H and O–H groups in total. The van der Waals surface area contributed by atoms with E-state index in [1.165, 1.54) is 234 Å². The molecule has 10 heterocycles. The Morgan fingerprint density at radius 1 is 0.286 bits per heavy atom. The molecule has 8 aromatic heterocycles. The number of carbonyl (C=O) groups excluding carboxylic acids is 2. The zero-order valence-electron chi connectivity index (χ0n) is 77.4. The zero-order valence-corrected chi connectivity index (χ0v) is 79.0. The molecule has 0 bridgehead atoms. The fraction of sp³-hybridized carbons (Fsp3) is 0.464. The maximum atomic E-state index is 16.7. The summed E-state index contributed by atoms with van der Waals surface area (Å²) in [5.74, 6) is 0.231. The van der Waals surface area contributed by atoms with Crippen molar-refractivity contribution >= 4 is 177 Å². The Labute approximate surface area is 755 Å². The van der Waals surface area contributed by atoms with Gasteiger partial charge in [0.1, 0.15) is 10.0 Å². The second-order valence-electron chi connectivity index (χ2n) is 37.3. The normalized spacial score (nSPS) is 14.1. The van der Waals surface area contributed by atoms with Gasteiger partial charge in [0.15, 0.2) is 0 Å². The van der Waals surface area contributed by atoms with Crippen LogP contribution in [0.4, 0.5) is 0 Å². The first-order valence-corrected chi connectivity index (χ1v) is 51.6. The summed E-state index contributed by atoms with van der Waals surface area (Å²) in [6, 6.07) is 51.9. The lowest BCUT2D eigenvalue weighted by Crippen LogP contribution is -2.34. The molecule has 0 spiro atoms. The number of rotatable bonds is 46. The lowest BCUT2D eigenvalue weighted by atomic mass is 9.98. The molecule has 126 heavy (non-hydrogen) atoms. The van der Waals surface area contributed by atoms with Crippen LogP contribution in [-0.4, -0.2) is 72.1 Å². The van der Waals surface area contributed by atoms with Gasteiger partial charge in [-0.3, -0.25) is 9.59 Å². The van der Waals surface area contributed by atoms with Crippen LogP contribution in [0, 0.1) is 11.8 Å². The van der Waals surface area contributed by atoms with Gasteiger partial charge in [0.25, 0.3) is 11.8 Å². The molecular weight excluding hydrogens is 1580 g/mol. The first-order chi connectivity index (χ1) is 62.1. The molecule has 658 valence electrons. The number of aryl methyl sites for hydroxylation is 6. The van der Waals surface area contributed by atoms with Gasteiger partial charge in [-0.15, -0.1) is 22.7 Å². The van der Waals surface area contributed by atoms with Crippen LogP contribution in [0.1, 0.15) is 285 Å². The number of benzene rings is 8. The van der Waals surface area contributed by atoms with Gasteiger partial charge >= 0.3 is 0 Å². The van der Waals surface area contributed by atoms with Crippen LogP contribution < -0.4 is 0 Å². The summed E-state index contributed by atoms with van der Waals surface area (Å²) in [7, 11) is 0. The van der Waals surface area contributed by atoms with E-state index < -0.39 is 0 Å². The molecule has 2 unspecified atom stereocenters. The number of unbranched alkanes of at least 4 members (excludes halogenated alkanes) is 20. The van der Waals surface area contributed by atoms with E-state index in [0.717, 1.165) is 163 Å². The summed E-state index contributed by atoms with van der Waals surface area (Å²) in [6.45, 7) is 29.7. The van der Waals surface area contributed by atoms with E-state index in [1.54, 1.807) is 22.7 Å². The van der Waals surface area contributed by atoms with E-state index in [0.29, 0.717) is 45.6 Å². The van der Waals surface area contributed by atoms with Crippen LogP contribution in [0.25, 0.3) is 163 Å². The first-order valence-electron chi connectivity index (χ1n) is 49.9. The minimum Gasteiger partial charge on any atom is -0.340 e. The highest BCUT2D eigenvalue weighted by molar-refractivity contribution is 7.16. The average molecular weight is 1720 g/mol. The van der Waals surface area contributed by atoms with Crippen LogP contribution >= 0.6 is 22.7 Å². The number of para-hydroxylation sites is 4. The predicted octanol–water partition coefficient (Wildman–Crippen LogP) is 32.3. The molecule has 0 saturated carbocycles. The molecule has 8 aromatic carbocycles. The second kappa shape index (κ2) is 39.1. The van der Waals surface area contributed by atoms with Crippen LogP contribution in [0.15, 0.2) is 157 Å². The van der Waals surface area contributed by atoms with Gasteiger partial charge in [-0.25, -0.2) is 9.97 Å². The van der Waals surface area contributed by atoms with Crippen molar-refractivity contribution in [3.8, 4) is 20.9 Å². The minimum atomic E-state index is -0.107. The summed E-state index contributed by atoms with van der Waals surface area (Å²) in [4.78, 5) is 50.4. The number of amides is 2. The fourth-order valence-corrected chi connectivity index (χ4v) is 24.3. The molecule has 2 aliphatic heterocycles. The van der Waals surface area contributed by atoms with Crippen LogP contribution in [0.2, 0.25) is 0 Å². The number of hydrogen-bond donors (Lipinski definition) is 0. The monoisotopic (exact) mass is 1720 g/mol. The smallest absolute Gasteiger partial charge is 0.261 e. The van der Waals surface area contributed by atoms with Crippen molar-refractivity contribution < 1.29 is 9.59 Å². The fourth-order valence-electron chi connectivity index (χ4n) is 22.4. The summed E-state index contributed by atoms with van der Waals surface area (Å²) >= 11 is 3.28. The van der Waals surface area contributed by atoms with E-state index in [2.05, 4.69) is 242 Å². The predicted molar refractivity (Wildman–Crippen MR) is 542 cm³/mol. The van der Waals surface area contributed by atoms with Crippen molar-refractivity contribution in [1.29, 1.82) is 0 Å². The number of nitrogens with zero attached hydrogens (tertiary/aromatic N) is 10. The summed E-state index contributed by atoms with van der Waals surface area (Å²) in [5.41, 5.74) is 20.4. The van der Waals surface area contributed by atoms with Crippen molar-refractivity contribution in [2.75, 3.05) is 13.1 Å². The molecule has 14 heteroatoms. The molecule has 2 atom stereocenters. The van der Waals surface area contributed by atoms with Crippen molar-refractivity contribution in [2.45, 2.75) is 314 Å². The van der Waals surface area contributed by atoms with Gasteiger partial charge in [0.2, 0.25) is 0 Å². The summed E-state index contributed by atoms with van der Waals surface area (Å²) in [6.07, 6.45) is 40.5. The lowest BCUT2D eigenvalue weighted by molar-refractivity contribution is -0.124. The Bertz CT molecular complexity index is 6330. The number of carbonyl (C=O) groups is 2. The highest BCUT2D eigenvalue weighted by atomic mass is 32.1. The van der Waals surface area contributed by atoms with Gasteiger partial charge < -0.3 is 37.2 Å². The van der Waals surface area contributed by atoms with Gasteiger partial charge in [-0.2, -0.15) is 0 Å². The van der Waals surface area contributed by atoms with Gasteiger partial charge in [-0.05, 0) is 111 Å². The molecule has 16 aromatic rings. The molecule has 0 radical (unpaired) electrons.